The minimum absolute atomic E-state index is 0.0583. The van der Waals surface area contributed by atoms with E-state index in [1.54, 1.807) is 0 Å². The fourth-order valence-corrected chi connectivity index (χ4v) is 1.69. The van der Waals surface area contributed by atoms with Crippen molar-refractivity contribution in [3.63, 3.8) is 0 Å². The van der Waals surface area contributed by atoms with Crippen LogP contribution >= 0.6 is 0 Å². The van der Waals surface area contributed by atoms with Gasteiger partial charge in [-0.2, -0.15) is 0 Å². The van der Waals surface area contributed by atoms with Gasteiger partial charge in [0.15, 0.2) is 0 Å². The highest BCUT2D eigenvalue weighted by molar-refractivity contribution is 5.69. The normalized spacial score (nSPS) is 10.2. The van der Waals surface area contributed by atoms with Gasteiger partial charge in [0.1, 0.15) is 0 Å². The second kappa shape index (κ2) is 8.80. The molecule has 0 N–H and O–H groups in total. The maximum absolute atomic E-state index is 11.4. The lowest BCUT2D eigenvalue weighted by molar-refractivity contribution is -0.143. The van der Waals surface area contributed by atoms with E-state index in [-0.39, 0.29) is 5.97 Å². The molecule has 0 aliphatic carbocycles. The van der Waals surface area contributed by atoms with Crippen LogP contribution in [-0.2, 0) is 16.0 Å². The van der Waals surface area contributed by atoms with Crippen molar-refractivity contribution in [3.8, 4) is 0 Å². The van der Waals surface area contributed by atoms with Crippen LogP contribution in [0.4, 0.5) is 0 Å². The minimum Gasteiger partial charge on any atom is -0.466 e. The predicted octanol–water partition coefficient (Wildman–Crippen LogP) is 3.74. The molecule has 2 heteroatoms. The summed E-state index contributed by atoms with van der Waals surface area (Å²) in [6, 6.07) is 10.2. The van der Waals surface area contributed by atoms with Crippen LogP contribution in [0, 0.1) is 0 Å². The number of ether oxygens (including phenoxy) is 1. The van der Waals surface area contributed by atoms with Crippen molar-refractivity contribution in [1.29, 1.82) is 0 Å². The summed E-state index contributed by atoms with van der Waals surface area (Å²) in [5, 5.41) is 0. The van der Waals surface area contributed by atoms with E-state index in [0.717, 1.165) is 32.1 Å². The summed E-state index contributed by atoms with van der Waals surface area (Å²) in [7, 11) is 0. The molecule has 17 heavy (non-hydrogen) atoms. The number of esters is 1. The first-order valence-corrected chi connectivity index (χ1v) is 6.52. The first kappa shape index (κ1) is 13.8. The van der Waals surface area contributed by atoms with Crippen molar-refractivity contribution in [3.05, 3.63) is 35.9 Å². The molecule has 0 heterocycles. The van der Waals surface area contributed by atoms with Gasteiger partial charge < -0.3 is 4.74 Å². The summed E-state index contributed by atoms with van der Waals surface area (Å²) < 4.78 is 5.14. The molecular weight excluding hydrogens is 212 g/mol. The Bertz CT molecular complexity index is 306. The average molecular weight is 234 g/mol. The van der Waals surface area contributed by atoms with E-state index in [0.29, 0.717) is 13.0 Å². The molecule has 0 aliphatic rings. The smallest absolute Gasteiger partial charge is 0.305 e. The van der Waals surface area contributed by atoms with Gasteiger partial charge in [-0.25, -0.2) is 0 Å². The molecule has 94 valence electrons. The van der Waals surface area contributed by atoms with Crippen molar-refractivity contribution >= 4 is 5.97 Å². The van der Waals surface area contributed by atoms with Crippen molar-refractivity contribution in [1.82, 2.24) is 0 Å². The van der Waals surface area contributed by atoms with Crippen molar-refractivity contribution < 1.29 is 9.53 Å². The van der Waals surface area contributed by atoms with Gasteiger partial charge in [-0.3, -0.25) is 4.79 Å². The quantitative estimate of drug-likeness (QED) is 0.506. The molecule has 2 nitrogen and oxygen atoms in total. The maximum Gasteiger partial charge on any atom is 0.305 e. The summed E-state index contributed by atoms with van der Waals surface area (Å²) in [6.45, 7) is 2.72. The lowest BCUT2D eigenvalue weighted by Crippen LogP contribution is -2.06. The molecule has 0 bridgehead atoms. The molecule has 0 fully saturated rings. The maximum atomic E-state index is 11.4. The van der Waals surface area contributed by atoms with E-state index in [1.807, 2.05) is 18.2 Å². The Morgan fingerprint density at radius 3 is 2.59 bits per heavy atom. The number of unbranched alkanes of at least 4 members (excludes halogenated alkanes) is 2. The summed E-state index contributed by atoms with van der Waals surface area (Å²) in [4.78, 5) is 11.4. The van der Waals surface area contributed by atoms with Crippen LogP contribution in [0.1, 0.15) is 44.6 Å². The van der Waals surface area contributed by atoms with E-state index in [9.17, 15) is 4.79 Å². The number of hydrogen-bond acceptors (Lipinski definition) is 2. The fourth-order valence-electron chi connectivity index (χ4n) is 1.69. The Kier molecular flexibility index (Phi) is 7.12. The number of hydrogen-bond donors (Lipinski definition) is 0. The standard InChI is InChI=1S/C15H22O2/c1-2-3-7-13-17-15(16)12-8-11-14-9-5-4-6-10-14/h4-6,9-10H,2-3,7-8,11-13H2,1H3. The second-order valence-electron chi connectivity index (χ2n) is 4.27. The van der Waals surface area contributed by atoms with Crippen LogP contribution < -0.4 is 0 Å². The lowest BCUT2D eigenvalue weighted by Gasteiger charge is -2.04. The van der Waals surface area contributed by atoms with Gasteiger partial charge in [0, 0.05) is 6.42 Å². The Labute approximate surface area is 104 Å². The van der Waals surface area contributed by atoms with Crippen molar-refractivity contribution in [2.24, 2.45) is 0 Å². The van der Waals surface area contributed by atoms with Crippen LogP contribution in [0.2, 0.25) is 0 Å². The zero-order chi connectivity index (χ0) is 12.3. The van der Waals surface area contributed by atoms with Crippen molar-refractivity contribution in [2.75, 3.05) is 6.61 Å². The molecule has 0 spiro atoms. The Balaban J connectivity index is 2.04. The molecule has 0 saturated heterocycles. The van der Waals surface area contributed by atoms with Gasteiger partial charge in [0.25, 0.3) is 0 Å². The van der Waals surface area contributed by atoms with E-state index in [4.69, 9.17) is 4.74 Å². The Morgan fingerprint density at radius 1 is 1.12 bits per heavy atom. The third-order valence-corrected chi connectivity index (χ3v) is 2.70. The van der Waals surface area contributed by atoms with Gasteiger partial charge in [-0.1, -0.05) is 50.1 Å². The molecule has 0 saturated carbocycles. The van der Waals surface area contributed by atoms with Gasteiger partial charge in [-0.05, 0) is 24.8 Å². The van der Waals surface area contributed by atoms with Crippen LogP contribution in [0.3, 0.4) is 0 Å². The highest BCUT2D eigenvalue weighted by Crippen LogP contribution is 2.05. The lowest BCUT2D eigenvalue weighted by atomic mass is 10.1. The van der Waals surface area contributed by atoms with E-state index < -0.39 is 0 Å². The third-order valence-electron chi connectivity index (χ3n) is 2.70. The first-order valence-electron chi connectivity index (χ1n) is 6.52. The molecule has 1 aromatic carbocycles. The highest BCUT2D eigenvalue weighted by Gasteiger charge is 2.02. The summed E-state index contributed by atoms with van der Waals surface area (Å²) in [5.41, 5.74) is 1.28. The number of rotatable bonds is 8. The van der Waals surface area contributed by atoms with Crippen LogP contribution in [0.15, 0.2) is 30.3 Å². The summed E-state index contributed by atoms with van der Waals surface area (Å²) >= 11 is 0. The summed E-state index contributed by atoms with van der Waals surface area (Å²) in [5.74, 6) is -0.0583. The average Bonchev–Trinajstić information content (AvgIpc) is 2.36. The molecule has 0 aliphatic heterocycles. The third kappa shape index (κ3) is 6.77. The molecule has 0 unspecified atom stereocenters. The van der Waals surface area contributed by atoms with Crippen LogP contribution in [0.25, 0.3) is 0 Å². The van der Waals surface area contributed by atoms with Crippen LogP contribution in [0.5, 0.6) is 0 Å². The number of aryl methyl sites for hydroxylation is 1. The van der Waals surface area contributed by atoms with E-state index in [2.05, 4.69) is 19.1 Å². The zero-order valence-electron chi connectivity index (χ0n) is 10.7. The SMILES string of the molecule is CCCCCOC(=O)CCCc1ccccc1. The first-order chi connectivity index (χ1) is 8.33. The second-order valence-corrected chi connectivity index (χ2v) is 4.27. The number of carbonyl (C=O) groups is 1. The fraction of sp³-hybridized carbons (Fsp3) is 0.533. The van der Waals surface area contributed by atoms with E-state index in [1.165, 1.54) is 5.56 Å². The molecular formula is C15H22O2. The van der Waals surface area contributed by atoms with Crippen molar-refractivity contribution in [2.45, 2.75) is 45.4 Å². The predicted molar refractivity (Wildman–Crippen MR) is 69.9 cm³/mol. The Hall–Kier alpha value is -1.31. The molecule has 0 aromatic heterocycles. The van der Waals surface area contributed by atoms with Gasteiger partial charge in [-0.15, -0.1) is 0 Å². The molecule has 1 aromatic rings. The van der Waals surface area contributed by atoms with Crippen LogP contribution in [-0.4, -0.2) is 12.6 Å². The monoisotopic (exact) mass is 234 g/mol. The number of carbonyl (C=O) groups excluding carboxylic acids is 1. The molecule has 0 amide bonds. The molecule has 0 atom stereocenters. The summed E-state index contributed by atoms with van der Waals surface area (Å²) in [6.07, 6.45) is 5.63. The number of benzene rings is 1. The largest absolute Gasteiger partial charge is 0.466 e. The van der Waals surface area contributed by atoms with Gasteiger partial charge >= 0.3 is 5.97 Å². The van der Waals surface area contributed by atoms with E-state index >= 15 is 0 Å². The van der Waals surface area contributed by atoms with Gasteiger partial charge in [0.05, 0.1) is 6.61 Å². The highest BCUT2D eigenvalue weighted by atomic mass is 16.5. The van der Waals surface area contributed by atoms with Gasteiger partial charge in [0.2, 0.25) is 0 Å². The minimum atomic E-state index is -0.0583. The molecule has 1 rings (SSSR count). The Morgan fingerprint density at radius 2 is 1.88 bits per heavy atom. The zero-order valence-corrected chi connectivity index (χ0v) is 10.7. The topological polar surface area (TPSA) is 26.3 Å². The molecule has 0 radical (unpaired) electrons.